The minimum atomic E-state index is -3.95. The van der Waals surface area contributed by atoms with Crippen LogP contribution in [0.15, 0.2) is 52.9 Å². The lowest BCUT2D eigenvalue weighted by atomic mass is 10.4. The Bertz CT molecular complexity index is 1140. The van der Waals surface area contributed by atoms with Crippen molar-refractivity contribution in [3.8, 4) is 0 Å². The molecular formula is C13H13ClN6O4S2. The van der Waals surface area contributed by atoms with E-state index in [1.165, 1.54) is 48.3 Å². The Labute approximate surface area is 154 Å². The number of imidazole rings is 1. The fourth-order valence-corrected chi connectivity index (χ4v) is 4.36. The number of aromatic nitrogens is 5. The number of benzene rings is 1. The largest absolute Gasteiger partial charge is 0.324 e. The molecule has 2 heterocycles. The van der Waals surface area contributed by atoms with Crippen LogP contribution >= 0.6 is 11.6 Å². The molecule has 3 rings (SSSR count). The van der Waals surface area contributed by atoms with Gasteiger partial charge < -0.3 is 4.57 Å². The quantitative estimate of drug-likeness (QED) is 0.614. The molecule has 0 unspecified atom stereocenters. The van der Waals surface area contributed by atoms with E-state index >= 15 is 0 Å². The Hall–Kier alpha value is -2.28. The van der Waals surface area contributed by atoms with Crippen molar-refractivity contribution in [3.05, 3.63) is 53.6 Å². The summed E-state index contributed by atoms with van der Waals surface area (Å²) in [5.74, 6) is 0. The topological polar surface area (TPSA) is 129 Å². The monoisotopic (exact) mass is 416 g/mol. The molecule has 1 aromatic carbocycles. The maximum atomic E-state index is 12.5. The van der Waals surface area contributed by atoms with E-state index in [0.29, 0.717) is 9.11 Å². The van der Waals surface area contributed by atoms with Gasteiger partial charge in [0.25, 0.3) is 20.0 Å². The first-order valence-corrected chi connectivity index (χ1v) is 10.4. The second-order valence-corrected chi connectivity index (χ2v) is 9.08. The van der Waals surface area contributed by atoms with Crippen molar-refractivity contribution >= 4 is 31.6 Å². The zero-order valence-electron chi connectivity index (χ0n) is 13.3. The summed E-state index contributed by atoms with van der Waals surface area (Å²) in [4.78, 5) is 3.73. The number of nitrogens with one attached hydrogen (secondary N) is 1. The highest BCUT2D eigenvalue weighted by molar-refractivity contribution is 7.90. The van der Waals surface area contributed by atoms with Gasteiger partial charge in [0.2, 0.25) is 5.16 Å². The van der Waals surface area contributed by atoms with Gasteiger partial charge in [0.15, 0.2) is 0 Å². The number of nitrogens with zero attached hydrogens (tertiary/aromatic N) is 5. The molecule has 0 radical (unpaired) electrons. The average molecular weight is 417 g/mol. The number of rotatable bonds is 6. The molecular weight excluding hydrogens is 404 g/mol. The van der Waals surface area contributed by atoms with Crippen molar-refractivity contribution in [2.45, 2.75) is 16.6 Å². The van der Waals surface area contributed by atoms with Crippen molar-refractivity contribution in [1.29, 1.82) is 0 Å². The van der Waals surface area contributed by atoms with Crippen LogP contribution < -0.4 is 4.72 Å². The highest BCUT2D eigenvalue weighted by Gasteiger charge is 2.22. The first-order chi connectivity index (χ1) is 12.2. The molecule has 1 N–H and O–H groups in total. The van der Waals surface area contributed by atoms with Crippen LogP contribution in [0.3, 0.4) is 0 Å². The minimum absolute atomic E-state index is 0.0214. The second kappa shape index (κ2) is 6.79. The molecule has 0 bridgehead atoms. The molecule has 0 fully saturated rings. The van der Waals surface area contributed by atoms with E-state index in [1.54, 1.807) is 0 Å². The summed E-state index contributed by atoms with van der Waals surface area (Å²) in [6, 6.07) is 5.55. The van der Waals surface area contributed by atoms with E-state index in [1.807, 2.05) is 0 Å². The van der Waals surface area contributed by atoms with Crippen LogP contribution in [0.2, 0.25) is 5.02 Å². The van der Waals surface area contributed by atoms with Gasteiger partial charge in [-0.1, -0.05) is 16.8 Å². The van der Waals surface area contributed by atoms with E-state index in [-0.39, 0.29) is 22.3 Å². The molecule has 10 nitrogen and oxygen atoms in total. The standard InChI is InChI=1S/C13H13ClN6O4S2/c1-19-7-6-15-13(19)25(21,22)16-8-11-9-20(18-17-11)26(23,24)12-4-2-10(14)3-5-12/h2-7,9,16H,8H2,1H3. The Morgan fingerprint density at radius 1 is 1.15 bits per heavy atom. The lowest BCUT2D eigenvalue weighted by molar-refractivity contribution is 0.563. The van der Waals surface area contributed by atoms with E-state index < -0.39 is 20.0 Å². The number of halogens is 1. The van der Waals surface area contributed by atoms with Gasteiger partial charge in [-0.15, -0.1) is 9.19 Å². The van der Waals surface area contributed by atoms with Crippen molar-refractivity contribution in [3.63, 3.8) is 0 Å². The van der Waals surface area contributed by atoms with Crippen LogP contribution in [0.1, 0.15) is 5.69 Å². The number of aryl methyl sites for hydroxylation is 1. The van der Waals surface area contributed by atoms with E-state index in [2.05, 4.69) is 20.0 Å². The van der Waals surface area contributed by atoms with E-state index in [0.717, 1.165) is 6.20 Å². The van der Waals surface area contributed by atoms with Gasteiger partial charge in [-0.3, -0.25) is 0 Å². The maximum absolute atomic E-state index is 12.5. The number of sulfonamides is 1. The van der Waals surface area contributed by atoms with E-state index in [4.69, 9.17) is 11.6 Å². The van der Waals surface area contributed by atoms with Crippen LogP contribution in [0.5, 0.6) is 0 Å². The molecule has 138 valence electrons. The van der Waals surface area contributed by atoms with Crippen LogP contribution in [-0.2, 0) is 33.6 Å². The third-order valence-electron chi connectivity index (χ3n) is 3.34. The molecule has 26 heavy (non-hydrogen) atoms. The predicted molar refractivity (Wildman–Crippen MR) is 91.3 cm³/mol. The Kier molecular flexibility index (Phi) is 4.84. The fourth-order valence-electron chi connectivity index (χ4n) is 2.04. The van der Waals surface area contributed by atoms with Crippen LogP contribution in [-0.4, -0.2) is 40.8 Å². The zero-order chi connectivity index (χ0) is 18.9. The van der Waals surface area contributed by atoms with Crippen molar-refractivity contribution in [2.75, 3.05) is 0 Å². The van der Waals surface area contributed by atoms with Gasteiger partial charge in [0.1, 0.15) is 0 Å². The minimum Gasteiger partial charge on any atom is -0.324 e. The summed E-state index contributed by atoms with van der Waals surface area (Å²) < 4.78 is 53.5. The van der Waals surface area contributed by atoms with E-state index in [9.17, 15) is 16.8 Å². The molecule has 0 saturated carbocycles. The normalized spacial score (nSPS) is 12.4. The molecule has 0 saturated heterocycles. The first kappa shape index (κ1) is 18.5. The highest BCUT2D eigenvalue weighted by atomic mass is 35.5. The molecule has 0 amide bonds. The fraction of sp³-hybridized carbons (Fsp3) is 0.154. The summed E-state index contributed by atoms with van der Waals surface area (Å²) in [7, 11) is -6.28. The first-order valence-electron chi connectivity index (χ1n) is 7.09. The van der Waals surface area contributed by atoms with Gasteiger partial charge in [-0.25, -0.2) is 18.1 Å². The third kappa shape index (κ3) is 3.62. The molecule has 0 aliphatic rings. The summed E-state index contributed by atoms with van der Waals surface area (Å²) in [5, 5.41) is 7.47. The molecule has 0 spiro atoms. The molecule has 0 aliphatic heterocycles. The van der Waals surface area contributed by atoms with Gasteiger partial charge in [-0.05, 0) is 24.3 Å². The van der Waals surface area contributed by atoms with Gasteiger partial charge in [0, 0.05) is 24.5 Å². The molecule has 0 aliphatic carbocycles. The summed E-state index contributed by atoms with van der Waals surface area (Å²) in [6.07, 6.45) is 3.97. The van der Waals surface area contributed by atoms with Crippen molar-refractivity contribution in [1.82, 2.24) is 28.7 Å². The highest BCUT2D eigenvalue weighted by Crippen LogP contribution is 2.16. The van der Waals surface area contributed by atoms with Crippen LogP contribution in [0.4, 0.5) is 0 Å². The lowest BCUT2D eigenvalue weighted by Gasteiger charge is -2.04. The Balaban J connectivity index is 1.78. The van der Waals surface area contributed by atoms with Crippen molar-refractivity contribution < 1.29 is 16.8 Å². The molecule has 0 atom stereocenters. The van der Waals surface area contributed by atoms with Crippen LogP contribution in [0.25, 0.3) is 0 Å². The average Bonchev–Trinajstić information content (AvgIpc) is 3.23. The maximum Gasteiger partial charge on any atom is 0.284 e. The van der Waals surface area contributed by atoms with Crippen LogP contribution in [0, 0.1) is 0 Å². The number of hydrogen-bond donors (Lipinski definition) is 1. The summed E-state index contributed by atoms with van der Waals surface area (Å²) >= 11 is 5.75. The number of hydrogen-bond acceptors (Lipinski definition) is 7. The smallest absolute Gasteiger partial charge is 0.284 e. The van der Waals surface area contributed by atoms with Gasteiger partial charge in [-0.2, -0.15) is 8.42 Å². The Morgan fingerprint density at radius 3 is 2.46 bits per heavy atom. The molecule has 13 heteroatoms. The predicted octanol–water partition coefficient (Wildman–Crippen LogP) is 0.380. The second-order valence-electron chi connectivity index (χ2n) is 5.19. The SMILES string of the molecule is Cn1ccnc1S(=O)(=O)NCc1cn(S(=O)(=O)c2ccc(Cl)cc2)nn1. The Morgan fingerprint density at radius 2 is 1.85 bits per heavy atom. The van der Waals surface area contributed by atoms with Crippen molar-refractivity contribution in [2.24, 2.45) is 7.05 Å². The third-order valence-corrected chi connectivity index (χ3v) is 6.53. The lowest BCUT2D eigenvalue weighted by Crippen LogP contribution is -2.26. The summed E-state index contributed by atoms with van der Waals surface area (Å²) in [6.45, 7) is -0.245. The summed E-state index contributed by atoms with van der Waals surface area (Å²) in [5.41, 5.74) is 0.125. The molecule has 3 aromatic rings. The van der Waals surface area contributed by atoms with Gasteiger partial charge in [0.05, 0.1) is 23.3 Å². The van der Waals surface area contributed by atoms with Gasteiger partial charge >= 0.3 is 0 Å². The molecule has 2 aromatic heterocycles. The zero-order valence-corrected chi connectivity index (χ0v) is 15.7.